The van der Waals surface area contributed by atoms with Crippen LogP contribution in [0.3, 0.4) is 0 Å². The summed E-state index contributed by atoms with van der Waals surface area (Å²) in [5, 5.41) is 13.5. The van der Waals surface area contributed by atoms with E-state index in [1.54, 1.807) is 63.9 Å². The number of aromatic nitrogens is 1. The zero-order valence-electron chi connectivity index (χ0n) is 22.5. The molecule has 0 fully saturated rings. The molecule has 3 rings (SSSR count). The predicted molar refractivity (Wildman–Crippen MR) is 153 cm³/mol. The molecular formula is C25H29ClFN5O6S2. The fraction of sp³-hybridized carbons (Fsp3) is 0.320. The van der Waals surface area contributed by atoms with Crippen molar-refractivity contribution in [2.75, 3.05) is 28.6 Å². The quantitative estimate of drug-likeness (QED) is 0.285. The standard InChI is InChI=1S/C25H29ClFN5O6S2/c1-15(31(6)23(33)34)30(5)20-10-8-7-9-18(20)29-19-12-17(27)21(11-16(19)26)40(36,37)32(22-13-39-14-28-22)24(35)38-25(2,3)4/h7-15,29H,1-6H3,(H,33,34). The van der Waals surface area contributed by atoms with Gasteiger partial charge < -0.3 is 20.1 Å². The number of carbonyl (C=O) groups excluding carboxylic acids is 1. The number of nitrogens with one attached hydrogen (secondary N) is 1. The molecule has 2 aromatic carbocycles. The SMILES string of the molecule is CC(N(C)C(=O)O)N(C)c1ccccc1Nc1cc(F)c(S(=O)(=O)N(C(=O)OC(C)(C)C)c2cscn2)cc1Cl. The molecule has 1 atom stereocenters. The minimum absolute atomic E-state index is 0.0377. The lowest BCUT2D eigenvalue weighted by Crippen LogP contribution is -2.45. The lowest BCUT2D eigenvalue weighted by atomic mass is 10.2. The Morgan fingerprint density at radius 3 is 2.40 bits per heavy atom. The van der Waals surface area contributed by atoms with E-state index in [0.29, 0.717) is 15.7 Å². The van der Waals surface area contributed by atoms with E-state index in [0.717, 1.165) is 28.4 Å². The van der Waals surface area contributed by atoms with Gasteiger partial charge in [0.25, 0.3) is 10.0 Å². The van der Waals surface area contributed by atoms with Crippen LogP contribution in [0.1, 0.15) is 27.7 Å². The molecule has 1 aromatic heterocycles. The topological polar surface area (TPSA) is 132 Å². The van der Waals surface area contributed by atoms with Gasteiger partial charge in [-0.1, -0.05) is 23.7 Å². The van der Waals surface area contributed by atoms with Gasteiger partial charge in [-0.05, 0) is 45.9 Å². The second kappa shape index (κ2) is 11.9. The van der Waals surface area contributed by atoms with Gasteiger partial charge in [-0.2, -0.15) is 0 Å². The van der Waals surface area contributed by atoms with Crippen molar-refractivity contribution in [2.24, 2.45) is 0 Å². The van der Waals surface area contributed by atoms with Gasteiger partial charge >= 0.3 is 12.2 Å². The lowest BCUT2D eigenvalue weighted by molar-refractivity contribution is 0.0608. The number of hydrogen-bond donors (Lipinski definition) is 2. The average Bonchev–Trinajstić information content (AvgIpc) is 3.37. The number of nitrogens with zero attached hydrogens (tertiary/aromatic N) is 4. The third-order valence-corrected chi connectivity index (χ3v) is 8.27. The van der Waals surface area contributed by atoms with Crippen molar-refractivity contribution in [3.63, 3.8) is 0 Å². The van der Waals surface area contributed by atoms with Gasteiger partial charge in [-0.3, -0.25) is 4.90 Å². The summed E-state index contributed by atoms with van der Waals surface area (Å²) in [6.07, 6.45) is -2.94. The number of carbonyl (C=O) groups is 2. The fourth-order valence-electron chi connectivity index (χ4n) is 3.50. The first-order valence-electron chi connectivity index (χ1n) is 11.7. The molecular weight excluding hydrogens is 585 g/mol. The average molecular weight is 614 g/mol. The Balaban J connectivity index is 2.01. The van der Waals surface area contributed by atoms with E-state index in [1.807, 2.05) is 0 Å². The number of benzene rings is 2. The Kier molecular flexibility index (Phi) is 9.17. The summed E-state index contributed by atoms with van der Waals surface area (Å²) in [7, 11) is -1.73. The molecule has 0 bridgehead atoms. The fourth-order valence-corrected chi connectivity index (χ4v) is 5.71. The third-order valence-electron chi connectivity index (χ3n) is 5.70. The smallest absolute Gasteiger partial charge is 0.430 e. The van der Waals surface area contributed by atoms with E-state index in [9.17, 15) is 23.1 Å². The maximum atomic E-state index is 15.5. The summed E-state index contributed by atoms with van der Waals surface area (Å²) in [5.41, 5.74) is 1.33. The first kappa shape index (κ1) is 30.9. The highest BCUT2D eigenvalue weighted by Gasteiger charge is 2.38. The molecule has 0 saturated heterocycles. The minimum atomic E-state index is -4.84. The van der Waals surface area contributed by atoms with Gasteiger partial charge in [-0.15, -0.1) is 15.6 Å². The van der Waals surface area contributed by atoms with Gasteiger partial charge in [0, 0.05) is 25.5 Å². The molecule has 15 heteroatoms. The molecule has 0 aliphatic rings. The van der Waals surface area contributed by atoms with Crippen LogP contribution in [0.4, 0.5) is 36.9 Å². The highest BCUT2D eigenvalue weighted by molar-refractivity contribution is 7.93. The summed E-state index contributed by atoms with van der Waals surface area (Å²) in [5.74, 6) is -1.44. The number of carboxylic acid groups (broad SMARTS) is 1. The second-order valence-corrected chi connectivity index (χ2v) is 12.5. The molecule has 0 aliphatic heterocycles. The molecule has 1 heterocycles. The molecule has 216 valence electrons. The van der Waals surface area contributed by atoms with Crippen LogP contribution in [0.5, 0.6) is 0 Å². The van der Waals surface area contributed by atoms with Crippen LogP contribution in [0.25, 0.3) is 0 Å². The molecule has 0 saturated carbocycles. The molecule has 0 aliphatic carbocycles. The van der Waals surface area contributed by atoms with Gasteiger partial charge in [0.15, 0.2) is 5.82 Å². The maximum Gasteiger partial charge on any atom is 0.430 e. The molecule has 0 radical (unpaired) electrons. The number of thiazole rings is 1. The van der Waals surface area contributed by atoms with Crippen molar-refractivity contribution in [1.82, 2.24) is 9.88 Å². The first-order valence-corrected chi connectivity index (χ1v) is 14.5. The Morgan fingerprint density at radius 1 is 1.18 bits per heavy atom. The number of amides is 2. The van der Waals surface area contributed by atoms with Crippen molar-refractivity contribution in [3.8, 4) is 0 Å². The van der Waals surface area contributed by atoms with Crippen molar-refractivity contribution in [2.45, 2.75) is 44.4 Å². The third kappa shape index (κ3) is 6.74. The Morgan fingerprint density at radius 2 is 1.82 bits per heavy atom. The van der Waals surface area contributed by atoms with Crippen LogP contribution in [0.2, 0.25) is 5.02 Å². The van der Waals surface area contributed by atoms with Crippen molar-refractivity contribution >= 4 is 68.0 Å². The summed E-state index contributed by atoms with van der Waals surface area (Å²) in [4.78, 5) is 30.2. The highest BCUT2D eigenvalue weighted by atomic mass is 35.5. The number of sulfonamides is 1. The largest absolute Gasteiger partial charge is 0.465 e. The summed E-state index contributed by atoms with van der Waals surface area (Å²) in [6, 6.07) is 8.64. The predicted octanol–water partition coefficient (Wildman–Crippen LogP) is 6.20. The number of rotatable bonds is 8. The number of ether oxygens (including phenoxy) is 1. The van der Waals surface area contributed by atoms with E-state index >= 15 is 4.39 Å². The second-order valence-electron chi connectivity index (χ2n) is 9.64. The Bertz CT molecular complexity index is 1500. The van der Waals surface area contributed by atoms with E-state index in [1.165, 1.54) is 17.9 Å². The number of halogens is 2. The maximum absolute atomic E-state index is 15.5. The lowest BCUT2D eigenvalue weighted by Gasteiger charge is -2.34. The zero-order valence-corrected chi connectivity index (χ0v) is 24.9. The van der Waals surface area contributed by atoms with Crippen LogP contribution in [0.15, 0.2) is 52.2 Å². The Labute approximate surface area is 240 Å². The van der Waals surface area contributed by atoms with Crippen LogP contribution in [-0.2, 0) is 14.8 Å². The van der Waals surface area contributed by atoms with Crippen molar-refractivity contribution < 1.29 is 32.2 Å². The number of para-hydroxylation sites is 2. The van der Waals surface area contributed by atoms with Crippen LogP contribution >= 0.6 is 22.9 Å². The molecule has 2 N–H and O–H groups in total. The van der Waals surface area contributed by atoms with E-state index in [2.05, 4.69) is 10.3 Å². The first-order chi connectivity index (χ1) is 18.5. The zero-order chi connectivity index (χ0) is 30.0. The minimum Gasteiger partial charge on any atom is -0.465 e. The van der Waals surface area contributed by atoms with Crippen molar-refractivity contribution in [1.29, 1.82) is 0 Å². The van der Waals surface area contributed by atoms with E-state index in [-0.39, 0.29) is 16.5 Å². The number of hydrogen-bond acceptors (Lipinski definition) is 9. The molecule has 3 aromatic rings. The van der Waals surface area contributed by atoms with Gasteiger partial charge in [0.2, 0.25) is 0 Å². The Hall–Kier alpha value is -3.62. The number of anilines is 4. The monoisotopic (exact) mass is 613 g/mol. The van der Waals surface area contributed by atoms with Crippen molar-refractivity contribution in [3.05, 3.63) is 58.1 Å². The van der Waals surface area contributed by atoms with Gasteiger partial charge in [0.05, 0.1) is 27.6 Å². The summed E-state index contributed by atoms with van der Waals surface area (Å²) < 4.78 is 48.1. The molecule has 11 nitrogen and oxygen atoms in total. The molecule has 40 heavy (non-hydrogen) atoms. The highest BCUT2D eigenvalue weighted by Crippen LogP contribution is 2.36. The van der Waals surface area contributed by atoms with Crippen LogP contribution in [-0.4, -0.2) is 61.5 Å². The molecule has 0 spiro atoms. The van der Waals surface area contributed by atoms with E-state index in [4.69, 9.17) is 16.3 Å². The summed E-state index contributed by atoms with van der Waals surface area (Å²) >= 11 is 7.46. The van der Waals surface area contributed by atoms with Gasteiger partial charge in [-0.25, -0.2) is 27.4 Å². The van der Waals surface area contributed by atoms with Crippen LogP contribution < -0.4 is 14.5 Å². The van der Waals surface area contributed by atoms with Crippen LogP contribution in [0, 0.1) is 5.82 Å². The van der Waals surface area contributed by atoms with Gasteiger partial charge in [0.1, 0.15) is 22.5 Å². The molecule has 1 unspecified atom stereocenters. The molecule has 2 amide bonds. The van der Waals surface area contributed by atoms with E-state index < -0.39 is 44.7 Å². The summed E-state index contributed by atoms with van der Waals surface area (Å²) in [6.45, 7) is 6.37. The normalized spacial score (nSPS) is 12.4.